The van der Waals surface area contributed by atoms with E-state index in [2.05, 4.69) is 20.0 Å². The molecule has 0 atom stereocenters. The Morgan fingerprint density at radius 2 is 2.35 bits per heavy atom. The smallest absolute Gasteiger partial charge is 0.213 e. The molecule has 1 aromatic carbocycles. The quantitative estimate of drug-likeness (QED) is 0.883. The molecule has 2 rings (SSSR count). The molecule has 1 heterocycles. The molecule has 0 spiro atoms. The zero-order valence-corrected chi connectivity index (χ0v) is 10.1. The fourth-order valence-corrected chi connectivity index (χ4v) is 1.69. The van der Waals surface area contributed by atoms with Gasteiger partial charge in [-0.3, -0.25) is 0 Å². The van der Waals surface area contributed by atoms with Gasteiger partial charge < -0.3 is 14.6 Å². The molecule has 0 aliphatic carbocycles. The lowest BCUT2D eigenvalue weighted by Gasteiger charge is -2.11. The first kappa shape index (κ1) is 11.9. The molecule has 0 aliphatic rings. The summed E-state index contributed by atoms with van der Waals surface area (Å²) in [7, 11) is 1.86. The van der Waals surface area contributed by atoms with Crippen LogP contribution in [0.4, 0.5) is 0 Å². The Labute approximate surface area is 104 Å². The Hall–Kier alpha value is -1.59. The highest BCUT2D eigenvalue weighted by Gasteiger charge is 2.09. The lowest BCUT2D eigenvalue weighted by Crippen LogP contribution is -2.08. The third kappa shape index (κ3) is 2.95. The molecular formula is C11H12ClN3O2. The van der Waals surface area contributed by atoms with E-state index in [0.717, 1.165) is 5.56 Å². The van der Waals surface area contributed by atoms with Crippen molar-refractivity contribution in [1.82, 2.24) is 15.5 Å². The van der Waals surface area contributed by atoms with Gasteiger partial charge >= 0.3 is 0 Å². The van der Waals surface area contributed by atoms with E-state index in [1.807, 2.05) is 19.2 Å². The molecular weight excluding hydrogens is 242 g/mol. The molecule has 2 aromatic rings. The van der Waals surface area contributed by atoms with Gasteiger partial charge in [0.15, 0.2) is 6.61 Å². The summed E-state index contributed by atoms with van der Waals surface area (Å²) in [6.07, 6.45) is 1.26. The molecule has 1 N–H and O–H groups in total. The third-order valence-corrected chi connectivity index (χ3v) is 2.47. The van der Waals surface area contributed by atoms with E-state index in [4.69, 9.17) is 16.3 Å². The van der Waals surface area contributed by atoms with Crippen molar-refractivity contribution in [2.45, 2.75) is 13.2 Å². The highest BCUT2D eigenvalue weighted by Crippen LogP contribution is 2.29. The van der Waals surface area contributed by atoms with Gasteiger partial charge in [0.2, 0.25) is 12.2 Å². The minimum Gasteiger partial charge on any atom is -0.484 e. The molecule has 0 unspecified atom stereocenters. The van der Waals surface area contributed by atoms with Crippen molar-refractivity contribution in [2.24, 2.45) is 0 Å². The molecule has 1 aromatic heterocycles. The van der Waals surface area contributed by atoms with Crippen LogP contribution < -0.4 is 10.1 Å². The first-order valence-corrected chi connectivity index (χ1v) is 5.49. The number of rotatable bonds is 5. The molecule has 90 valence electrons. The van der Waals surface area contributed by atoms with Crippen molar-refractivity contribution in [3.8, 4) is 5.75 Å². The van der Waals surface area contributed by atoms with Gasteiger partial charge in [0.1, 0.15) is 5.75 Å². The monoisotopic (exact) mass is 253 g/mol. The molecule has 6 heteroatoms. The summed E-state index contributed by atoms with van der Waals surface area (Å²) in [5.74, 6) is 1.13. The minimum absolute atomic E-state index is 0.233. The maximum absolute atomic E-state index is 6.09. The number of benzene rings is 1. The highest BCUT2D eigenvalue weighted by molar-refractivity contribution is 6.32. The number of nitrogens with zero attached hydrogens (tertiary/aromatic N) is 2. The fourth-order valence-electron chi connectivity index (χ4n) is 1.44. The molecule has 17 heavy (non-hydrogen) atoms. The molecule has 0 saturated heterocycles. The van der Waals surface area contributed by atoms with Crippen molar-refractivity contribution in [1.29, 1.82) is 0 Å². The number of ether oxygens (including phenoxy) is 1. The predicted octanol–water partition coefficient (Wildman–Crippen LogP) is 2.02. The SMILES string of the molecule is CNCc1cccc(Cl)c1OCc1ncon1. The minimum atomic E-state index is 0.233. The molecule has 5 nitrogen and oxygen atoms in total. The number of para-hydroxylation sites is 1. The molecule has 0 amide bonds. The van der Waals surface area contributed by atoms with Crippen LogP contribution in [0.3, 0.4) is 0 Å². The van der Waals surface area contributed by atoms with Crippen molar-refractivity contribution in [3.63, 3.8) is 0 Å². The summed E-state index contributed by atoms with van der Waals surface area (Å²) in [4.78, 5) is 3.88. The summed E-state index contributed by atoms with van der Waals surface area (Å²) in [6.45, 7) is 0.916. The lowest BCUT2D eigenvalue weighted by molar-refractivity contribution is 0.283. The Morgan fingerprint density at radius 1 is 1.47 bits per heavy atom. The van der Waals surface area contributed by atoms with Gasteiger partial charge in [-0.2, -0.15) is 4.98 Å². The van der Waals surface area contributed by atoms with Crippen molar-refractivity contribution < 1.29 is 9.26 Å². The standard InChI is InChI=1S/C11H12ClN3O2/c1-13-5-8-3-2-4-9(12)11(8)16-6-10-14-7-17-15-10/h2-4,7,13H,5-6H2,1H3. The Morgan fingerprint density at radius 3 is 3.06 bits per heavy atom. The van der Waals surface area contributed by atoms with E-state index in [0.29, 0.717) is 23.1 Å². The van der Waals surface area contributed by atoms with E-state index in [1.54, 1.807) is 6.07 Å². The third-order valence-electron chi connectivity index (χ3n) is 2.17. The average Bonchev–Trinajstić information content (AvgIpc) is 2.82. The second kappa shape index (κ2) is 5.65. The summed E-state index contributed by atoms with van der Waals surface area (Å²) in [5, 5.41) is 7.29. The maximum Gasteiger partial charge on any atom is 0.213 e. The first-order chi connectivity index (χ1) is 8.31. The van der Waals surface area contributed by atoms with Crippen LogP contribution in [-0.4, -0.2) is 17.2 Å². The number of hydrogen-bond donors (Lipinski definition) is 1. The summed E-state index contributed by atoms with van der Waals surface area (Å²) in [5.41, 5.74) is 0.989. The summed E-state index contributed by atoms with van der Waals surface area (Å²) in [6, 6.07) is 5.62. The number of nitrogens with one attached hydrogen (secondary N) is 1. The van der Waals surface area contributed by atoms with E-state index < -0.39 is 0 Å². The van der Waals surface area contributed by atoms with Crippen LogP contribution in [0.5, 0.6) is 5.75 Å². The molecule has 0 bridgehead atoms. The summed E-state index contributed by atoms with van der Waals surface area (Å²) < 4.78 is 10.2. The van der Waals surface area contributed by atoms with Gasteiger partial charge in [-0.05, 0) is 13.1 Å². The van der Waals surface area contributed by atoms with Crippen LogP contribution in [0.15, 0.2) is 29.1 Å². The van der Waals surface area contributed by atoms with Gasteiger partial charge in [-0.1, -0.05) is 28.9 Å². The van der Waals surface area contributed by atoms with Crippen LogP contribution in [0.25, 0.3) is 0 Å². The van der Waals surface area contributed by atoms with Crippen LogP contribution in [0.2, 0.25) is 5.02 Å². The van der Waals surface area contributed by atoms with E-state index in [9.17, 15) is 0 Å². The van der Waals surface area contributed by atoms with Crippen LogP contribution >= 0.6 is 11.6 Å². The topological polar surface area (TPSA) is 60.2 Å². The molecule has 0 aliphatic heterocycles. The van der Waals surface area contributed by atoms with Gasteiger partial charge in [0.25, 0.3) is 0 Å². The van der Waals surface area contributed by atoms with E-state index >= 15 is 0 Å². The van der Waals surface area contributed by atoms with E-state index in [-0.39, 0.29) is 6.61 Å². The molecule has 0 radical (unpaired) electrons. The Balaban J connectivity index is 2.13. The molecule has 0 fully saturated rings. The lowest BCUT2D eigenvalue weighted by atomic mass is 10.2. The van der Waals surface area contributed by atoms with E-state index in [1.165, 1.54) is 6.39 Å². The van der Waals surface area contributed by atoms with Gasteiger partial charge in [-0.15, -0.1) is 0 Å². The zero-order chi connectivity index (χ0) is 12.1. The van der Waals surface area contributed by atoms with Gasteiger partial charge in [-0.25, -0.2) is 0 Å². The van der Waals surface area contributed by atoms with Gasteiger partial charge in [0, 0.05) is 12.1 Å². The number of halogens is 1. The van der Waals surface area contributed by atoms with Crippen LogP contribution in [-0.2, 0) is 13.2 Å². The summed E-state index contributed by atoms with van der Waals surface area (Å²) >= 11 is 6.09. The largest absolute Gasteiger partial charge is 0.484 e. The number of hydrogen-bond acceptors (Lipinski definition) is 5. The van der Waals surface area contributed by atoms with Crippen molar-refractivity contribution in [2.75, 3.05) is 7.05 Å². The highest BCUT2D eigenvalue weighted by atomic mass is 35.5. The normalized spacial score (nSPS) is 10.5. The van der Waals surface area contributed by atoms with Crippen LogP contribution in [0.1, 0.15) is 11.4 Å². The second-order valence-electron chi connectivity index (χ2n) is 3.39. The Kier molecular flexibility index (Phi) is 3.95. The van der Waals surface area contributed by atoms with Crippen molar-refractivity contribution >= 4 is 11.6 Å². The first-order valence-electron chi connectivity index (χ1n) is 5.11. The zero-order valence-electron chi connectivity index (χ0n) is 9.31. The van der Waals surface area contributed by atoms with Crippen molar-refractivity contribution in [3.05, 3.63) is 41.0 Å². The van der Waals surface area contributed by atoms with Gasteiger partial charge in [0.05, 0.1) is 5.02 Å². The average molecular weight is 254 g/mol. The fraction of sp³-hybridized carbons (Fsp3) is 0.273. The Bertz CT molecular complexity index is 474. The second-order valence-corrected chi connectivity index (χ2v) is 3.80. The predicted molar refractivity (Wildman–Crippen MR) is 62.8 cm³/mol. The number of aromatic nitrogens is 2. The maximum atomic E-state index is 6.09. The molecule has 0 saturated carbocycles. The van der Waals surface area contributed by atoms with Crippen LogP contribution in [0, 0.1) is 0 Å².